The molecule has 3 aromatic rings. The topological polar surface area (TPSA) is 130 Å². The van der Waals surface area contributed by atoms with Gasteiger partial charge < -0.3 is 39.8 Å². The Morgan fingerprint density at radius 3 is 2.31 bits per heavy atom. The van der Waals surface area contributed by atoms with Crippen molar-refractivity contribution in [2.24, 2.45) is 5.92 Å². The molecule has 5 atom stereocenters. The minimum Gasteiger partial charge on any atom is -0.453 e. The lowest BCUT2D eigenvalue weighted by Crippen LogP contribution is -2.57. The van der Waals surface area contributed by atoms with Gasteiger partial charge in [-0.3, -0.25) is 14.4 Å². The third-order valence-corrected chi connectivity index (χ3v) is 9.81. The summed E-state index contributed by atoms with van der Waals surface area (Å²) in [4.78, 5) is 41.5. The van der Waals surface area contributed by atoms with E-state index in [9.17, 15) is 19.5 Å². The van der Waals surface area contributed by atoms with Crippen molar-refractivity contribution in [2.75, 3.05) is 36.5 Å². The molecular weight excluding hydrogens is 612 g/mol. The summed E-state index contributed by atoms with van der Waals surface area (Å²) in [7, 11) is 0. The van der Waals surface area contributed by atoms with Gasteiger partial charge in [0.05, 0.1) is 25.5 Å². The molecule has 11 heteroatoms. The first-order chi connectivity index (χ1) is 23.2. The summed E-state index contributed by atoms with van der Waals surface area (Å²) in [5, 5.41) is 15.4. The number of piperidine rings is 1. The van der Waals surface area contributed by atoms with E-state index in [2.05, 4.69) is 39.5 Å². The Hall–Kier alpha value is -4.29. The predicted octanol–water partition coefficient (Wildman–Crippen LogP) is 4.29. The van der Waals surface area contributed by atoms with Crippen LogP contribution in [0.2, 0.25) is 0 Å². The van der Waals surface area contributed by atoms with Crippen molar-refractivity contribution in [3.63, 3.8) is 0 Å². The Labute approximate surface area is 281 Å². The maximum absolute atomic E-state index is 13.2. The number of hydrogen-bond donors (Lipinski definition) is 3. The van der Waals surface area contributed by atoms with Crippen molar-refractivity contribution in [2.45, 2.75) is 70.4 Å². The largest absolute Gasteiger partial charge is 0.453 e. The second-order valence-corrected chi connectivity index (χ2v) is 12.9. The Morgan fingerprint density at radius 1 is 1.00 bits per heavy atom. The van der Waals surface area contributed by atoms with Crippen molar-refractivity contribution in [3.05, 3.63) is 95.6 Å². The summed E-state index contributed by atoms with van der Waals surface area (Å²) in [6.07, 6.45) is -0.596. The van der Waals surface area contributed by atoms with Crippen LogP contribution in [-0.2, 0) is 35.2 Å². The molecule has 48 heavy (non-hydrogen) atoms. The second-order valence-electron chi connectivity index (χ2n) is 12.9. The van der Waals surface area contributed by atoms with Gasteiger partial charge in [-0.1, -0.05) is 61.5 Å². The van der Waals surface area contributed by atoms with Gasteiger partial charge in [0, 0.05) is 49.4 Å². The van der Waals surface area contributed by atoms with Gasteiger partial charge in [0.15, 0.2) is 12.4 Å². The standard InChI is InChI=1S/C37H44N4O7/c1-24-32(21-40-19-17-37(18-20-40)36(45)38-23-41(37)31-7-5-4-6-8-31)47-35(48-33(24)28-11-9-27(22-42)10-12-28)29-13-15-30(16-14-29)39-34(44)25(2)46-26(3)43/h4-16,24-25,32-33,35,42H,17-23H2,1-3H3,(H,38,45)(H,39,44)/t24-,25+,32+,33+,35+/m1/s1. The average Bonchev–Trinajstić information content (AvgIpc) is 3.41. The monoisotopic (exact) mass is 656 g/mol. The molecule has 3 saturated heterocycles. The molecule has 2 amide bonds. The highest BCUT2D eigenvalue weighted by Gasteiger charge is 2.51. The van der Waals surface area contributed by atoms with Gasteiger partial charge in [-0.25, -0.2) is 0 Å². The zero-order valence-electron chi connectivity index (χ0n) is 27.6. The SMILES string of the molecule is CC(=O)O[C@@H](C)C(=O)Nc1ccc([C@H]2O[C@@H](CN3CCC4(CC3)C(=O)NCN4c3ccccc3)[C@@H](C)[C@@H](c3ccc(CO)cc3)O2)cc1. The summed E-state index contributed by atoms with van der Waals surface area (Å²) in [6, 6.07) is 25.2. The van der Waals surface area contributed by atoms with E-state index in [1.807, 2.05) is 54.6 Å². The van der Waals surface area contributed by atoms with Crippen LogP contribution in [0, 0.1) is 5.92 Å². The molecule has 3 aromatic carbocycles. The highest BCUT2D eigenvalue weighted by molar-refractivity contribution is 5.95. The molecule has 3 fully saturated rings. The van der Waals surface area contributed by atoms with Crippen LogP contribution < -0.4 is 15.5 Å². The molecule has 3 heterocycles. The van der Waals surface area contributed by atoms with Crippen molar-refractivity contribution in [1.82, 2.24) is 10.2 Å². The normalized spacial score (nSPS) is 24.6. The molecule has 0 aliphatic carbocycles. The van der Waals surface area contributed by atoms with Crippen LogP contribution in [0.15, 0.2) is 78.9 Å². The fourth-order valence-corrected chi connectivity index (χ4v) is 6.99. The van der Waals surface area contributed by atoms with Gasteiger partial charge in [0.25, 0.3) is 5.91 Å². The van der Waals surface area contributed by atoms with E-state index in [1.165, 1.54) is 13.8 Å². The lowest BCUT2D eigenvalue weighted by atomic mass is 9.84. The minimum atomic E-state index is -0.915. The number of carbonyl (C=O) groups is 3. The van der Waals surface area contributed by atoms with E-state index < -0.39 is 29.8 Å². The number of nitrogens with zero attached hydrogens (tertiary/aromatic N) is 2. The molecule has 11 nitrogen and oxygen atoms in total. The van der Waals surface area contributed by atoms with Crippen LogP contribution in [0.5, 0.6) is 0 Å². The Bertz CT molecular complexity index is 1580. The van der Waals surface area contributed by atoms with Crippen molar-refractivity contribution in [3.8, 4) is 0 Å². The Kier molecular flexibility index (Phi) is 10.1. The number of aliphatic hydroxyl groups excluding tert-OH is 1. The molecule has 6 rings (SSSR count). The third-order valence-electron chi connectivity index (χ3n) is 9.81. The minimum absolute atomic E-state index is 0.00837. The summed E-state index contributed by atoms with van der Waals surface area (Å²) < 4.78 is 18.3. The highest BCUT2D eigenvalue weighted by Crippen LogP contribution is 2.43. The van der Waals surface area contributed by atoms with E-state index in [1.54, 1.807) is 12.1 Å². The number of aliphatic hydroxyl groups is 1. The lowest BCUT2D eigenvalue weighted by Gasteiger charge is -2.46. The van der Waals surface area contributed by atoms with Crippen LogP contribution in [-0.4, -0.2) is 71.8 Å². The first-order valence-corrected chi connectivity index (χ1v) is 16.6. The number of hydrogen-bond acceptors (Lipinski definition) is 9. The quantitative estimate of drug-likeness (QED) is 0.289. The average molecular weight is 657 g/mol. The maximum Gasteiger partial charge on any atom is 0.303 e. The highest BCUT2D eigenvalue weighted by atomic mass is 16.7. The predicted molar refractivity (Wildman–Crippen MR) is 180 cm³/mol. The maximum atomic E-state index is 13.2. The number of benzene rings is 3. The van der Waals surface area contributed by atoms with Crippen LogP contribution in [0.4, 0.5) is 11.4 Å². The first-order valence-electron chi connectivity index (χ1n) is 16.6. The van der Waals surface area contributed by atoms with Gasteiger partial charge in [-0.15, -0.1) is 0 Å². The zero-order chi connectivity index (χ0) is 33.8. The first kappa shape index (κ1) is 33.6. The van der Waals surface area contributed by atoms with Gasteiger partial charge in [-0.2, -0.15) is 0 Å². The van der Waals surface area contributed by atoms with Crippen LogP contribution in [0.25, 0.3) is 0 Å². The number of nitrogens with one attached hydrogen (secondary N) is 2. The summed E-state index contributed by atoms with van der Waals surface area (Å²) in [6.45, 7) is 7.59. The molecular formula is C37H44N4O7. The summed E-state index contributed by atoms with van der Waals surface area (Å²) in [5.41, 5.74) is 3.67. The molecule has 0 aromatic heterocycles. The number of ether oxygens (including phenoxy) is 3. The number of likely N-dealkylation sites (tertiary alicyclic amines) is 1. The van der Waals surface area contributed by atoms with E-state index in [0.29, 0.717) is 31.7 Å². The van der Waals surface area contributed by atoms with Crippen molar-refractivity contribution >= 4 is 29.2 Å². The number of esters is 1. The molecule has 0 saturated carbocycles. The number of anilines is 2. The number of amides is 2. The molecule has 0 bridgehead atoms. The second kappa shape index (κ2) is 14.4. The number of carbonyl (C=O) groups excluding carboxylic acids is 3. The van der Waals surface area contributed by atoms with Crippen molar-refractivity contribution in [1.29, 1.82) is 0 Å². The number of para-hydroxylation sites is 1. The van der Waals surface area contributed by atoms with Crippen LogP contribution in [0.1, 0.15) is 62.7 Å². The zero-order valence-corrected chi connectivity index (χ0v) is 27.6. The van der Waals surface area contributed by atoms with E-state index >= 15 is 0 Å². The lowest BCUT2D eigenvalue weighted by molar-refractivity contribution is -0.276. The molecule has 3 aliphatic heterocycles. The Morgan fingerprint density at radius 2 is 1.67 bits per heavy atom. The molecule has 1 spiro atoms. The van der Waals surface area contributed by atoms with E-state index in [0.717, 1.165) is 35.5 Å². The van der Waals surface area contributed by atoms with Gasteiger partial charge >= 0.3 is 5.97 Å². The van der Waals surface area contributed by atoms with Gasteiger partial charge in [0.1, 0.15) is 5.54 Å². The van der Waals surface area contributed by atoms with Gasteiger partial charge in [0.2, 0.25) is 5.91 Å². The molecule has 0 unspecified atom stereocenters. The van der Waals surface area contributed by atoms with Crippen LogP contribution in [0.3, 0.4) is 0 Å². The van der Waals surface area contributed by atoms with E-state index in [4.69, 9.17) is 14.2 Å². The fourth-order valence-electron chi connectivity index (χ4n) is 6.99. The number of rotatable bonds is 9. The molecule has 3 N–H and O–H groups in total. The molecule has 254 valence electrons. The molecule has 3 aliphatic rings. The van der Waals surface area contributed by atoms with E-state index in [-0.39, 0.29) is 30.6 Å². The fraction of sp³-hybridized carbons (Fsp3) is 0.432. The molecule has 0 radical (unpaired) electrons. The summed E-state index contributed by atoms with van der Waals surface area (Å²) >= 11 is 0. The van der Waals surface area contributed by atoms with Crippen molar-refractivity contribution < 1.29 is 33.7 Å². The van der Waals surface area contributed by atoms with Gasteiger partial charge in [-0.05, 0) is 55.2 Å². The smallest absolute Gasteiger partial charge is 0.303 e. The summed E-state index contributed by atoms with van der Waals surface area (Å²) in [5.74, 6) is -0.845. The van der Waals surface area contributed by atoms with Crippen LogP contribution >= 0.6 is 0 Å². The third kappa shape index (κ3) is 7.09. The Balaban J connectivity index is 1.17.